The van der Waals surface area contributed by atoms with Crippen molar-refractivity contribution in [1.29, 1.82) is 0 Å². The van der Waals surface area contributed by atoms with E-state index in [0.717, 1.165) is 19.3 Å². The number of rotatable bonds is 3. The highest BCUT2D eigenvalue weighted by molar-refractivity contribution is 6.44. The zero-order valence-electron chi connectivity index (χ0n) is 9.20. The van der Waals surface area contributed by atoms with Crippen molar-refractivity contribution in [3.05, 3.63) is 32.3 Å². The summed E-state index contributed by atoms with van der Waals surface area (Å²) in [6, 6.07) is 2.81. The Hall–Kier alpha value is -1.00. The van der Waals surface area contributed by atoms with Gasteiger partial charge in [-0.25, -0.2) is 0 Å². The van der Waals surface area contributed by atoms with Gasteiger partial charge in [0.25, 0.3) is 5.69 Å². The lowest BCUT2D eigenvalue weighted by atomic mass is 9.82. The van der Waals surface area contributed by atoms with Crippen LogP contribution in [-0.4, -0.2) is 10.5 Å². The third-order valence-corrected chi connectivity index (χ3v) is 3.85. The molecule has 0 unspecified atom stereocenters. The van der Waals surface area contributed by atoms with Crippen LogP contribution in [0, 0.1) is 10.1 Å². The molecule has 0 spiro atoms. The van der Waals surface area contributed by atoms with E-state index in [1.807, 2.05) is 6.92 Å². The van der Waals surface area contributed by atoms with Crippen LogP contribution in [0.1, 0.15) is 26.2 Å². The molecule has 1 aliphatic carbocycles. The molecular weight excluding hydrogens is 265 g/mol. The molecule has 0 atom stereocenters. The van der Waals surface area contributed by atoms with Crippen LogP contribution < -0.4 is 4.74 Å². The highest BCUT2D eigenvalue weighted by Gasteiger charge is 2.35. The Bertz CT molecular complexity index is 472. The molecule has 17 heavy (non-hydrogen) atoms. The number of benzene rings is 1. The molecule has 1 aromatic carbocycles. The Morgan fingerprint density at radius 3 is 2.47 bits per heavy atom. The molecule has 0 N–H and O–H groups in total. The fourth-order valence-corrected chi connectivity index (χ4v) is 2.21. The van der Waals surface area contributed by atoms with Gasteiger partial charge in [-0.05, 0) is 32.3 Å². The number of nitro groups is 1. The molecule has 0 saturated heterocycles. The van der Waals surface area contributed by atoms with Crippen LogP contribution in [0.25, 0.3) is 0 Å². The van der Waals surface area contributed by atoms with E-state index in [0.29, 0.717) is 5.75 Å². The Balaban J connectivity index is 2.30. The van der Waals surface area contributed by atoms with Gasteiger partial charge in [-0.2, -0.15) is 0 Å². The van der Waals surface area contributed by atoms with Gasteiger partial charge in [0.05, 0.1) is 4.92 Å². The van der Waals surface area contributed by atoms with Crippen molar-refractivity contribution in [3.63, 3.8) is 0 Å². The smallest absolute Gasteiger partial charge is 0.289 e. The summed E-state index contributed by atoms with van der Waals surface area (Å²) in [6.07, 6.45) is 3.03. The maximum atomic E-state index is 10.7. The highest BCUT2D eigenvalue weighted by Crippen LogP contribution is 2.43. The minimum atomic E-state index is -0.566. The summed E-state index contributed by atoms with van der Waals surface area (Å²) in [5.41, 5.74) is -0.425. The van der Waals surface area contributed by atoms with Crippen LogP contribution in [0.4, 0.5) is 5.69 Å². The second-order valence-electron chi connectivity index (χ2n) is 4.37. The van der Waals surface area contributed by atoms with E-state index in [-0.39, 0.29) is 21.3 Å². The van der Waals surface area contributed by atoms with E-state index >= 15 is 0 Å². The maximum absolute atomic E-state index is 10.7. The first-order valence-corrected chi connectivity index (χ1v) is 6.00. The molecular formula is C11H11Cl2NO3. The Morgan fingerprint density at radius 2 is 2.00 bits per heavy atom. The summed E-state index contributed by atoms with van der Waals surface area (Å²) >= 11 is 11.8. The summed E-state index contributed by atoms with van der Waals surface area (Å²) in [5, 5.41) is 10.7. The van der Waals surface area contributed by atoms with E-state index in [4.69, 9.17) is 27.9 Å². The van der Waals surface area contributed by atoms with Crippen molar-refractivity contribution in [3.8, 4) is 5.75 Å². The van der Waals surface area contributed by atoms with Crippen molar-refractivity contribution >= 4 is 28.9 Å². The molecule has 4 nitrogen and oxygen atoms in total. The minimum Gasteiger partial charge on any atom is -0.486 e. The number of halogens is 2. The number of ether oxygens (including phenoxy) is 1. The van der Waals surface area contributed by atoms with Gasteiger partial charge in [-0.3, -0.25) is 10.1 Å². The van der Waals surface area contributed by atoms with Gasteiger partial charge in [-0.1, -0.05) is 23.2 Å². The van der Waals surface area contributed by atoms with Gasteiger partial charge in [-0.15, -0.1) is 0 Å². The third kappa shape index (κ3) is 2.33. The van der Waals surface area contributed by atoms with Crippen LogP contribution >= 0.6 is 23.2 Å². The SMILES string of the molecule is CC1(Oc2ccc([N+](=O)[O-])c(Cl)c2Cl)CCC1. The van der Waals surface area contributed by atoms with Gasteiger partial charge in [0.15, 0.2) is 0 Å². The lowest BCUT2D eigenvalue weighted by molar-refractivity contribution is -0.384. The van der Waals surface area contributed by atoms with E-state index in [1.165, 1.54) is 12.1 Å². The lowest BCUT2D eigenvalue weighted by Gasteiger charge is -2.38. The Labute approximate surface area is 109 Å². The summed E-state index contributed by atoms with van der Waals surface area (Å²) < 4.78 is 5.75. The molecule has 1 aliphatic rings. The van der Waals surface area contributed by atoms with E-state index < -0.39 is 4.92 Å². The van der Waals surface area contributed by atoms with Crippen molar-refractivity contribution < 1.29 is 9.66 Å². The molecule has 0 aliphatic heterocycles. The summed E-state index contributed by atoms with van der Waals surface area (Å²) in [4.78, 5) is 10.1. The second-order valence-corrected chi connectivity index (χ2v) is 5.13. The fourth-order valence-electron chi connectivity index (χ4n) is 1.78. The Kier molecular flexibility index (Phi) is 3.19. The average molecular weight is 276 g/mol. The standard InChI is InChI=1S/C11H11Cl2NO3/c1-11(5-2-6-11)17-8-4-3-7(14(15)16)9(12)10(8)13/h3-4H,2,5-6H2,1H3. The van der Waals surface area contributed by atoms with Crippen LogP contribution in [0.5, 0.6) is 5.75 Å². The van der Waals surface area contributed by atoms with Gasteiger partial charge in [0, 0.05) is 6.07 Å². The van der Waals surface area contributed by atoms with Crippen molar-refractivity contribution in [2.24, 2.45) is 0 Å². The second kappa shape index (κ2) is 4.35. The first-order chi connectivity index (χ1) is 7.93. The number of nitro benzene ring substituents is 1. The van der Waals surface area contributed by atoms with Gasteiger partial charge in [0.2, 0.25) is 0 Å². The first kappa shape index (κ1) is 12.5. The largest absolute Gasteiger partial charge is 0.486 e. The maximum Gasteiger partial charge on any atom is 0.289 e. The fraction of sp³-hybridized carbons (Fsp3) is 0.455. The van der Waals surface area contributed by atoms with E-state index in [1.54, 1.807) is 0 Å². The molecule has 6 heteroatoms. The zero-order chi connectivity index (χ0) is 12.6. The Morgan fingerprint density at radius 1 is 1.35 bits per heavy atom. The number of nitrogens with zero attached hydrogens (tertiary/aromatic N) is 1. The highest BCUT2D eigenvalue weighted by atomic mass is 35.5. The van der Waals surface area contributed by atoms with Gasteiger partial charge < -0.3 is 4.74 Å². The summed E-state index contributed by atoms with van der Waals surface area (Å²) in [6.45, 7) is 1.99. The van der Waals surface area contributed by atoms with Crippen LogP contribution in [0.2, 0.25) is 10.0 Å². The number of hydrogen-bond donors (Lipinski definition) is 0. The van der Waals surface area contributed by atoms with Gasteiger partial charge in [0.1, 0.15) is 21.4 Å². The zero-order valence-corrected chi connectivity index (χ0v) is 10.7. The minimum absolute atomic E-state index is 0.0721. The molecule has 2 rings (SSSR count). The third-order valence-electron chi connectivity index (χ3n) is 2.99. The van der Waals surface area contributed by atoms with Crippen molar-refractivity contribution in [2.45, 2.75) is 31.8 Å². The predicted molar refractivity (Wildman–Crippen MR) is 66.0 cm³/mol. The molecule has 0 bridgehead atoms. The normalized spacial score (nSPS) is 17.4. The number of hydrogen-bond acceptors (Lipinski definition) is 3. The lowest BCUT2D eigenvalue weighted by Crippen LogP contribution is -2.39. The topological polar surface area (TPSA) is 52.4 Å². The molecule has 1 fully saturated rings. The average Bonchev–Trinajstić information content (AvgIpc) is 2.22. The van der Waals surface area contributed by atoms with Crippen molar-refractivity contribution in [1.82, 2.24) is 0 Å². The van der Waals surface area contributed by atoms with Crippen LogP contribution in [0.3, 0.4) is 0 Å². The van der Waals surface area contributed by atoms with Gasteiger partial charge >= 0.3 is 0 Å². The molecule has 92 valence electrons. The predicted octanol–water partition coefficient (Wildman–Crippen LogP) is 4.22. The van der Waals surface area contributed by atoms with E-state index in [2.05, 4.69) is 0 Å². The molecule has 0 aromatic heterocycles. The molecule has 1 saturated carbocycles. The first-order valence-electron chi connectivity index (χ1n) is 5.24. The molecule has 0 radical (unpaired) electrons. The quantitative estimate of drug-likeness (QED) is 0.613. The monoisotopic (exact) mass is 275 g/mol. The molecule has 1 aromatic rings. The molecule has 0 heterocycles. The van der Waals surface area contributed by atoms with Crippen LogP contribution in [0.15, 0.2) is 12.1 Å². The summed E-state index contributed by atoms with van der Waals surface area (Å²) in [7, 11) is 0. The van der Waals surface area contributed by atoms with E-state index in [9.17, 15) is 10.1 Å². The van der Waals surface area contributed by atoms with Crippen LogP contribution in [-0.2, 0) is 0 Å². The molecule has 0 amide bonds. The van der Waals surface area contributed by atoms with Crippen molar-refractivity contribution in [2.75, 3.05) is 0 Å². The summed E-state index contributed by atoms with van der Waals surface area (Å²) in [5.74, 6) is 0.407.